The van der Waals surface area contributed by atoms with Crippen molar-refractivity contribution in [3.8, 4) is 0 Å². The molecule has 0 bridgehead atoms. The summed E-state index contributed by atoms with van der Waals surface area (Å²) in [5, 5.41) is 0. The molecule has 0 aromatic carbocycles. The first-order chi connectivity index (χ1) is 5.84. The molecule has 0 aliphatic rings. The smallest absolute Gasteiger partial charge is 0.0837 e. The normalized spacial score (nSPS) is 9.33. The highest BCUT2D eigenvalue weighted by atomic mass is 14.8. The molecule has 0 atom stereocenters. The molecule has 2 nitrogen and oxygen atoms in total. The second-order valence-corrected chi connectivity index (χ2v) is 2.00. The van der Waals surface area contributed by atoms with Crippen molar-refractivity contribution in [2.75, 3.05) is 0 Å². The standard InChI is InChI=1S/C8H10N2.C2H6/c1-3-9-8-5-4-6-10-7(8)2;1-2/h3-6H,1-2H3;1-2H3. The van der Waals surface area contributed by atoms with Gasteiger partial charge in [-0.3, -0.25) is 9.98 Å². The minimum Gasteiger partial charge on any atom is -0.260 e. The van der Waals surface area contributed by atoms with Gasteiger partial charge in [-0.15, -0.1) is 0 Å². The maximum Gasteiger partial charge on any atom is 0.0837 e. The number of aryl methyl sites for hydroxylation is 1. The highest BCUT2D eigenvalue weighted by molar-refractivity contribution is 5.61. The molecule has 66 valence electrons. The van der Waals surface area contributed by atoms with E-state index in [9.17, 15) is 0 Å². The first-order valence-electron chi connectivity index (χ1n) is 4.25. The van der Waals surface area contributed by atoms with Crippen LogP contribution in [0, 0.1) is 6.92 Å². The summed E-state index contributed by atoms with van der Waals surface area (Å²) in [6, 6.07) is 3.83. The van der Waals surface area contributed by atoms with E-state index in [4.69, 9.17) is 0 Å². The van der Waals surface area contributed by atoms with Gasteiger partial charge in [0.25, 0.3) is 0 Å². The lowest BCUT2D eigenvalue weighted by molar-refractivity contribution is 1.19. The number of aromatic nitrogens is 1. The Bertz CT molecular complexity index is 241. The van der Waals surface area contributed by atoms with Gasteiger partial charge in [-0.25, -0.2) is 0 Å². The highest BCUT2D eigenvalue weighted by Crippen LogP contribution is 2.12. The molecule has 12 heavy (non-hydrogen) atoms. The summed E-state index contributed by atoms with van der Waals surface area (Å²) in [4.78, 5) is 8.20. The van der Waals surface area contributed by atoms with E-state index in [1.807, 2.05) is 39.8 Å². The van der Waals surface area contributed by atoms with Crippen molar-refractivity contribution in [1.29, 1.82) is 0 Å². The van der Waals surface area contributed by atoms with Gasteiger partial charge in [0.15, 0.2) is 0 Å². The SMILES string of the molecule is CC.CC=Nc1cccnc1C. The summed E-state index contributed by atoms with van der Waals surface area (Å²) in [5.41, 5.74) is 1.92. The van der Waals surface area contributed by atoms with E-state index in [0.717, 1.165) is 11.4 Å². The Morgan fingerprint density at radius 1 is 1.42 bits per heavy atom. The second kappa shape index (κ2) is 6.53. The van der Waals surface area contributed by atoms with Crippen LogP contribution in [0.25, 0.3) is 0 Å². The van der Waals surface area contributed by atoms with Crippen molar-refractivity contribution in [2.24, 2.45) is 4.99 Å². The van der Waals surface area contributed by atoms with E-state index in [1.54, 1.807) is 12.4 Å². The van der Waals surface area contributed by atoms with E-state index in [-0.39, 0.29) is 0 Å². The number of hydrogen-bond acceptors (Lipinski definition) is 2. The molecule has 1 heterocycles. The largest absolute Gasteiger partial charge is 0.260 e. The van der Waals surface area contributed by atoms with Crippen LogP contribution < -0.4 is 0 Å². The van der Waals surface area contributed by atoms with E-state index >= 15 is 0 Å². The summed E-state index contributed by atoms with van der Waals surface area (Å²) in [6.07, 6.45) is 3.54. The quantitative estimate of drug-likeness (QED) is 0.585. The first kappa shape index (κ1) is 10.8. The first-order valence-corrected chi connectivity index (χ1v) is 4.25. The van der Waals surface area contributed by atoms with Gasteiger partial charge in [-0.2, -0.15) is 0 Å². The molecule has 1 aromatic heterocycles. The zero-order valence-corrected chi connectivity index (χ0v) is 8.20. The Balaban J connectivity index is 0.000000561. The van der Waals surface area contributed by atoms with Gasteiger partial charge in [0.2, 0.25) is 0 Å². The van der Waals surface area contributed by atoms with Crippen molar-refractivity contribution < 1.29 is 0 Å². The van der Waals surface area contributed by atoms with Crippen LogP contribution in [-0.4, -0.2) is 11.2 Å². The average Bonchev–Trinajstić information content (AvgIpc) is 2.13. The van der Waals surface area contributed by atoms with Crippen molar-refractivity contribution in [3.05, 3.63) is 24.0 Å². The molecular weight excluding hydrogens is 148 g/mol. The Morgan fingerprint density at radius 3 is 2.58 bits per heavy atom. The van der Waals surface area contributed by atoms with Gasteiger partial charge in [-0.1, -0.05) is 13.8 Å². The van der Waals surface area contributed by atoms with Gasteiger partial charge >= 0.3 is 0 Å². The second-order valence-electron chi connectivity index (χ2n) is 2.00. The lowest BCUT2D eigenvalue weighted by atomic mass is 10.3. The van der Waals surface area contributed by atoms with Crippen LogP contribution in [0.1, 0.15) is 26.5 Å². The molecule has 0 fully saturated rings. The van der Waals surface area contributed by atoms with E-state index < -0.39 is 0 Å². The summed E-state index contributed by atoms with van der Waals surface area (Å²) < 4.78 is 0. The van der Waals surface area contributed by atoms with Crippen molar-refractivity contribution in [3.63, 3.8) is 0 Å². The van der Waals surface area contributed by atoms with Crippen LogP contribution in [0.5, 0.6) is 0 Å². The maximum absolute atomic E-state index is 4.12. The molecule has 1 rings (SSSR count). The van der Waals surface area contributed by atoms with Crippen molar-refractivity contribution >= 4 is 11.9 Å². The molecule has 0 spiro atoms. The van der Waals surface area contributed by atoms with Gasteiger partial charge in [0.1, 0.15) is 0 Å². The number of pyridine rings is 1. The summed E-state index contributed by atoms with van der Waals surface area (Å²) in [5.74, 6) is 0. The number of aliphatic imine (C=N–C) groups is 1. The Kier molecular flexibility index (Phi) is 5.88. The minimum absolute atomic E-state index is 0.949. The molecule has 0 unspecified atom stereocenters. The molecule has 0 saturated heterocycles. The molecular formula is C10H16N2. The van der Waals surface area contributed by atoms with Crippen LogP contribution >= 0.6 is 0 Å². The molecule has 2 heteroatoms. The summed E-state index contributed by atoms with van der Waals surface area (Å²) in [6.45, 7) is 7.84. The topological polar surface area (TPSA) is 25.2 Å². The Labute approximate surface area is 74.4 Å². The summed E-state index contributed by atoms with van der Waals surface area (Å²) >= 11 is 0. The van der Waals surface area contributed by atoms with Gasteiger partial charge < -0.3 is 0 Å². The molecule has 0 radical (unpaired) electrons. The lowest BCUT2D eigenvalue weighted by Gasteiger charge is -1.94. The van der Waals surface area contributed by atoms with Crippen molar-refractivity contribution in [2.45, 2.75) is 27.7 Å². The van der Waals surface area contributed by atoms with Gasteiger partial charge in [-0.05, 0) is 26.0 Å². The molecule has 1 aromatic rings. The zero-order chi connectivity index (χ0) is 9.40. The molecule has 0 aliphatic heterocycles. The maximum atomic E-state index is 4.12. The van der Waals surface area contributed by atoms with Crippen molar-refractivity contribution in [1.82, 2.24) is 4.98 Å². The average molecular weight is 164 g/mol. The third-order valence-electron chi connectivity index (χ3n) is 1.25. The van der Waals surface area contributed by atoms with Gasteiger partial charge in [0.05, 0.1) is 11.4 Å². The predicted molar refractivity (Wildman–Crippen MR) is 54.1 cm³/mol. The number of hydrogen-bond donors (Lipinski definition) is 0. The summed E-state index contributed by atoms with van der Waals surface area (Å²) in [7, 11) is 0. The van der Waals surface area contributed by atoms with E-state index in [2.05, 4.69) is 9.98 Å². The Hall–Kier alpha value is -1.18. The third kappa shape index (κ3) is 3.28. The molecule has 0 N–H and O–H groups in total. The van der Waals surface area contributed by atoms with E-state index in [0.29, 0.717) is 0 Å². The van der Waals surface area contributed by atoms with Crippen LogP contribution in [0.15, 0.2) is 23.3 Å². The highest BCUT2D eigenvalue weighted by Gasteiger charge is 1.90. The lowest BCUT2D eigenvalue weighted by Crippen LogP contribution is -1.78. The fourth-order valence-corrected chi connectivity index (χ4v) is 0.751. The minimum atomic E-state index is 0.949. The van der Waals surface area contributed by atoms with Crippen LogP contribution in [0.2, 0.25) is 0 Å². The number of rotatable bonds is 1. The molecule has 0 aliphatic carbocycles. The van der Waals surface area contributed by atoms with E-state index in [1.165, 1.54) is 0 Å². The van der Waals surface area contributed by atoms with Crippen LogP contribution in [0.4, 0.5) is 5.69 Å². The molecule has 0 amide bonds. The van der Waals surface area contributed by atoms with Gasteiger partial charge in [0, 0.05) is 12.4 Å². The molecule has 0 saturated carbocycles. The fourth-order valence-electron chi connectivity index (χ4n) is 0.751. The number of nitrogens with zero attached hydrogens (tertiary/aromatic N) is 2. The Morgan fingerprint density at radius 2 is 2.08 bits per heavy atom. The fraction of sp³-hybridized carbons (Fsp3) is 0.400. The monoisotopic (exact) mass is 164 g/mol. The zero-order valence-electron chi connectivity index (χ0n) is 8.20. The predicted octanol–water partition coefficient (Wildman–Crippen LogP) is 3.14. The van der Waals surface area contributed by atoms with Crippen LogP contribution in [-0.2, 0) is 0 Å². The third-order valence-corrected chi connectivity index (χ3v) is 1.25. The van der Waals surface area contributed by atoms with Crippen LogP contribution in [0.3, 0.4) is 0 Å².